The Hall–Kier alpha value is -0.0800. The van der Waals surface area contributed by atoms with Crippen LogP contribution in [0, 0.1) is 34.5 Å². The van der Waals surface area contributed by atoms with E-state index in [4.69, 9.17) is 0 Å². The molecule has 2 heteroatoms. The third-order valence-electron chi connectivity index (χ3n) is 6.21. The average molecular weight is 268 g/mol. The van der Waals surface area contributed by atoms with Gasteiger partial charge in [0.05, 0.1) is 13.2 Å². The number of fused-ring (bicyclic) bond motifs is 2. The van der Waals surface area contributed by atoms with E-state index in [0.717, 1.165) is 24.7 Å². The fourth-order valence-corrected chi connectivity index (χ4v) is 5.02. The van der Waals surface area contributed by atoms with Gasteiger partial charge in [0.15, 0.2) is 0 Å². The molecule has 2 nitrogen and oxygen atoms in total. The van der Waals surface area contributed by atoms with Gasteiger partial charge in [-0.05, 0) is 61.2 Å². The molecule has 2 bridgehead atoms. The maximum Gasteiger partial charge on any atom is 0.0509 e. The van der Waals surface area contributed by atoms with Crippen LogP contribution in [0.25, 0.3) is 0 Å². The molecule has 3 rings (SSSR count). The number of aliphatic hydroxyl groups excluding tert-OH is 2. The Bertz CT molecular complexity index is 302. The first-order valence-electron chi connectivity index (χ1n) is 8.06. The standard InChI is InChI=1S/C17H32O2/c1-12(2)8-17(10-18,11-19)9-13-5-6-14-7-15(13)16(14,3)4/h12-15,18-19H,5-11H2,1-4H3/t13?,14-,15-/m0/s1. The van der Waals surface area contributed by atoms with Crippen LogP contribution < -0.4 is 0 Å². The third kappa shape index (κ3) is 2.71. The number of hydrogen-bond acceptors (Lipinski definition) is 2. The minimum absolute atomic E-state index is 0.134. The number of rotatable bonds is 6. The van der Waals surface area contributed by atoms with Gasteiger partial charge in [0.2, 0.25) is 0 Å². The van der Waals surface area contributed by atoms with Crippen LogP contribution in [0.4, 0.5) is 0 Å². The molecule has 0 radical (unpaired) electrons. The molecule has 0 aromatic rings. The smallest absolute Gasteiger partial charge is 0.0509 e. The van der Waals surface area contributed by atoms with E-state index in [9.17, 15) is 10.2 Å². The van der Waals surface area contributed by atoms with E-state index in [1.807, 2.05) is 0 Å². The first-order chi connectivity index (χ1) is 8.84. The Kier molecular flexibility index (Phi) is 4.32. The SMILES string of the molecule is CC(C)CC(CO)(CO)CC1CC[C@H]2C[C@@H]1C2(C)C. The minimum Gasteiger partial charge on any atom is -0.396 e. The van der Waals surface area contributed by atoms with Crippen molar-refractivity contribution in [2.75, 3.05) is 13.2 Å². The molecule has 3 aliphatic rings. The van der Waals surface area contributed by atoms with Crippen LogP contribution in [0.5, 0.6) is 0 Å². The van der Waals surface area contributed by atoms with Gasteiger partial charge in [0.1, 0.15) is 0 Å². The molecule has 3 atom stereocenters. The summed E-state index contributed by atoms with van der Waals surface area (Å²) in [5.74, 6) is 2.98. The molecule has 0 spiro atoms. The van der Waals surface area contributed by atoms with Crippen LogP contribution in [-0.2, 0) is 0 Å². The van der Waals surface area contributed by atoms with E-state index in [2.05, 4.69) is 27.7 Å². The summed E-state index contributed by atoms with van der Waals surface area (Å²) in [6.07, 6.45) is 5.99. The summed E-state index contributed by atoms with van der Waals surface area (Å²) in [6.45, 7) is 9.47. The Morgan fingerprint density at radius 2 is 1.79 bits per heavy atom. The molecular weight excluding hydrogens is 236 g/mol. The lowest BCUT2D eigenvalue weighted by Crippen LogP contribution is -2.53. The molecule has 19 heavy (non-hydrogen) atoms. The Morgan fingerprint density at radius 1 is 1.16 bits per heavy atom. The van der Waals surface area contributed by atoms with Gasteiger partial charge in [0.25, 0.3) is 0 Å². The van der Waals surface area contributed by atoms with Crippen LogP contribution >= 0.6 is 0 Å². The lowest BCUT2D eigenvalue weighted by atomic mass is 9.44. The van der Waals surface area contributed by atoms with Crippen molar-refractivity contribution in [1.29, 1.82) is 0 Å². The van der Waals surface area contributed by atoms with E-state index in [1.54, 1.807) is 0 Å². The summed E-state index contributed by atoms with van der Waals surface area (Å²) >= 11 is 0. The summed E-state index contributed by atoms with van der Waals surface area (Å²) < 4.78 is 0. The van der Waals surface area contributed by atoms with Crippen molar-refractivity contribution in [2.45, 2.75) is 59.8 Å². The third-order valence-corrected chi connectivity index (χ3v) is 6.21. The highest BCUT2D eigenvalue weighted by atomic mass is 16.3. The summed E-state index contributed by atoms with van der Waals surface area (Å²) in [5.41, 5.74) is 0.245. The molecule has 1 unspecified atom stereocenters. The maximum atomic E-state index is 9.83. The minimum atomic E-state index is -0.253. The molecule has 3 saturated carbocycles. The van der Waals surface area contributed by atoms with Gasteiger partial charge in [0, 0.05) is 5.41 Å². The summed E-state index contributed by atoms with van der Waals surface area (Å²) in [6, 6.07) is 0. The first kappa shape index (κ1) is 15.3. The zero-order valence-electron chi connectivity index (χ0n) is 13.2. The monoisotopic (exact) mass is 268 g/mol. The summed E-state index contributed by atoms with van der Waals surface area (Å²) in [4.78, 5) is 0. The number of hydrogen-bond donors (Lipinski definition) is 2. The van der Waals surface area contributed by atoms with Gasteiger partial charge in [-0.25, -0.2) is 0 Å². The second-order valence-electron chi connectivity index (χ2n) is 8.32. The lowest BCUT2D eigenvalue weighted by Gasteiger charge is -2.61. The van der Waals surface area contributed by atoms with E-state index < -0.39 is 0 Å². The van der Waals surface area contributed by atoms with Gasteiger partial charge in [-0.1, -0.05) is 27.7 Å². The van der Waals surface area contributed by atoms with E-state index in [0.29, 0.717) is 17.3 Å². The van der Waals surface area contributed by atoms with Crippen molar-refractivity contribution in [3.63, 3.8) is 0 Å². The van der Waals surface area contributed by atoms with Gasteiger partial charge < -0.3 is 10.2 Å². The predicted molar refractivity (Wildman–Crippen MR) is 78.8 cm³/mol. The van der Waals surface area contributed by atoms with Gasteiger partial charge in [-0.2, -0.15) is 0 Å². The Labute approximate surface area is 118 Å². The topological polar surface area (TPSA) is 40.5 Å². The zero-order chi connectivity index (χ0) is 14.3. The van der Waals surface area contributed by atoms with Gasteiger partial charge >= 0.3 is 0 Å². The molecule has 0 aliphatic heterocycles. The van der Waals surface area contributed by atoms with Crippen LogP contribution in [0.2, 0.25) is 0 Å². The van der Waals surface area contributed by atoms with Crippen LogP contribution in [0.1, 0.15) is 59.8 Å². The van der Waals surface area contributed by atoms with E-state index in [1.165, 1.54) is 19.3 Å². The molecule has 0 aromatic carbocycles. The number of aliphatic hydroxyl groups is 2. The van der Waals surface area contributed by atoms with Crippen LogP contribution in [0.15, 0.2) is 0 Å². The van der Waals surface area contributed by atoms with Crippen LogP contribution in [0.3, 0.4) is 0 Å². The van der Waals surface area contributed by atoms with Crippen molar-refractivity contribution in [1.82, 2.24) is 0 Å². The highest BCUT2D eigenvalue weighted by Gasteiger charge is 2.55. The summed E-state index contributed by atoms with van der Waals surface area (Å²) in [7, 11) is 0. The van der Waals surface area contributed by atoms with Crippen LogP contribution in [-0.4, -0.2) is 23.4 Å². The fourth-order valence-electron chi connectivity index (χ4n) is 5.02. The van der Waals surface area contributed by atoms with Crippen molar-refractivity contribution in [3.05, 3.63) is 0 Å². The first-order valence-corrected chi connectivity index (χ1v) is 8.06. The van der Waals surface area contributed by atoms with Crippen molar-refractivity contribution in [3.8, 4) is 0 Å². The quantitative estimate of drug-likeness (QED) is 0.774. The highest BCUT2D eigenvalue weighted by molar-refractivity contribution is 5.04. The van der Waals surface area contributed by atoms with Crippen molar-refractivity contribution >= 4 is 0 Å². The fraction of sp³-hybridized carbons (Fsp3) is 1.00. The molecule has 2 N–H and O–H groups in total. The maximum absolute atomic E-state index is 9.83. The molecule has 0 saturated heterocycles. The van der Waals surface area contributed by atoms with Crippen molar-refractivity contribution < 1.29 is 10.2 Å². The molecule has 3 aliphatic carbocycles. The van der Waals surface area contributed by atoms with E-state index in [-0.39, 0.29) is 18.6 Å². The lowest BCUT2D eigenvalue weighted by molar-refractivity contribution is -0.124. The Morgan fingerprint density at radius 3 is 2.21 bits per heavy atom. The molecule has 3 fully saturated rings. The highest BCUT2D eigenvalue weighted by Crippen LogP contribution is 2.63. The zero-order valence-corrected chi connectivity index (χ0v) is 13.2. The van der Waals surface area contributed by atoms with Crippen molar-refractivity contribution in [2.24, 2.45) is 34.5 Å². The normalized spacial score (nSPS) is 33.3. The van der Waals surface area contributed by atoms with Gasteiger partial charge in [-0.15, -0.1) is 0 Å². The molecule has 0 heterocycles. The second kappa shape index (κ2) is 5.37. The Balaban J connectivity index is 2.05. The molecule has 0 aromatic heterocycles. The van der Waals surface area contributed by atoms with Gasteiger partial charge in [-0.3, -0.25) is 0 Å². The molecule has 0 amide bonds. The predicted octanol–water partition coefficient (Wildman–Crippen LogP) is 3.47. The second-order valence-corrected chi connectivity index (χ2v) is 8.32. The van der Waals surface area contributed by atoms with E-state index >= 15 is 0 Å². The average Bonchev–Trinajstić information content (AvgIpc) is 2.37. The molecular formula is C17H32O2. The molecule has 112 valence electrons. The largest absolute Gasteiger partial charge is 0.396 e. The summed E-state index contributed by atoms with van der Waals surface area (Å²) in [5, 5.41) is 19.7.